The van der Waals surface area contributed by atoms with Crippen LogP contribution in [0.2, 0.25) is 5.02 Å². The third-order valence-electron chi connectivity index (χ3n) is 6.34. The predicted molar refractivity (Wildman–Crippen MR) is 141 cm³/mol. The first-order chi connectivity index (χ1) is 16.9. The monoisotopic (exact) mass is 505 g/mol. The Hall–Kier alpha value is -3.77. The minimum Gasteiger partial charge on any atom is -0.507 e. The van der Waals surface area contributed by atoms with Gasteiger partial charge in [-0.3, -0.25) is 14.5 Å². The van der Waals surface area contributed by atoms with E-state index in [0.717, 1.165) is 11.1 Å². The van der Waals surface area contributed by atoms with Gasteiger partial charge in [-0.1, -0.05) is 68.3 Å². The van der Waals surface area contributed by atoms with E-state index in [4.69, 9.17) is 16.3 Å². The van der Waals surface area contributed by atoms with Gasteiger partial charge in [0.2, 0.25) is 0 Å². The molecule has 0 radical (unpaired) electrons. The number of rotatable bonds is 4. The number of amides is 1. The lowest BCUT2D eigenvalue weighted by Crippen LogP contribution is -2.29. The van der Waals surface area contributed by atoms with Gasteiger partial charge in [0.1, 0.15) is 17.3 Å². The Morgan fingerprint density at radius 2 is 1.67 bits per heavy atom. The molecular formula is C29H28ClNO5. The lowest BCUT2D eigenvalue weighted by atomic mass is 9.85. The van der Waals surface area contributed by atoms with Gasteiger partial charge in [-0.15, -0.1) is 0 Å². The fourth-order valence-corrected chi connectivity index (χ4v) is 4.57. The molecule has 0 spiro atoms. The Kier molecular flexibility index (Phi) is 6.58. The Morgan fingerprint density at radius 3 is 2.28 bits per heavy atom. The average molecular weight is 506 g/mol. The lowest BCUT2D eigenvalue weighted by molar-refractivity contribution is -0.132. The van der Waals surface area contributed by atoms with Crippen molar-refractivity contribution in [3.05, 3.63) is 93.5 Å². The molecule has 3 aromatic carbocycles. The zero-order valence-electron chi connectivity index (χ0n) is 20.8. The zero-order valence-corrected chi connectivity index (χ0v) is 21.6. The molecule has 1 unspecified atom stereocenters. The van der Waals surface area contributed by atoms with Crippen molar-refractivity contribution in [2.75, 3.05) is 12.0 Å². The number of nitrogens with zero attached hydrogens (tertiary/aromatic N) is 1. The number of benzene rings is 3. The molecule has 1 aliphatic heterocycles. The molecule has 6 nitrogen and oxygen atoms in total. The molecule has 1 aliphatic rings. The summed E-state index contributed by atoms with van der Waals surface area (Å²) in [5.41, 5.74) is 2.65. The Morgan fingerprint density at radius 1 is 1.00 bits per heavy atom. The van der Waals surface area contributed by atoms with Crippen LogP contribution in [0.1, 0.15) is 49.1 Å². The van der Waals surface area contributed by atoms with Gasteiger partial charge >= 0.3 is 0 Å². The molecular weight excluding hydrogens is 478 g/mol. The zero-order chi connectivity index (χ0) is 26.4. The van der Waals surface area contributed by atoms with Gasteiger partial charge in [-0.2, -0.15) is 0 Å². The van der Waals surface area contributed by atoms with Crippen LogP contribution in [-0.2, 0) is 15.0 Å². The Balaban J connectivity index is 2.00. The fourth-order valence-electron chi connectivity index (χ4n) is 4.40. The van der Waals surface area contributed by atoms with Crippen molar-refractivity contribution in [1.82, 2.24) is 0 Å². The van der Waals surface area contributed by atoms with Gasteiger partial charge in [-0.05, 0) is 53.8 Å². The summed E-state index contributed by atoms with van der Waals surface area (Å²) in [5.74, 6) is -1.98. The van der Waals surface area contributed by atoms with Crippen LogP contribution in [-0.4, -0.2) is 29.0 Å². The Bertz CT molecular complexity index is 1390. The number of Topliss-reactive ketones (excluding diaryl/α,β-unsaturated/α-hetero) is 1. The minimum absolute atomic E-state index is 0.0738. The maximum Gasteiger partial charge on any atom is 0.300 e. The molecule has 0 saturated carbocycles. The number of aliphatic hydroxyl groups excluding tert-OH is 1. The summed E-state index contributed by atoms with van der Waals surface area (Å²) in [6.45, 7) is 8.11. The largest absolute Gasteiger partial charge is 0.507 e. The first-order valence-electron chi connectivity index (χ1n) is 11.5. The van der Waals surface area contributed by atoms with Gasteiger partial charge in [-0.25, -0.2) is 0 Å². The standard InChI is InChI=1S/C29H28ClNO5/c1-16-6-13-23(36-5)20(14-16)26(33)24-25(17-7-9-18(10-8-17)29(2,3)4)31(28(35)27(24)34)21-15-19(30)11-12-22(21)32/h6-15,25,32-33H,1-5H3/b26-24+. The number of carbonyl (C=O) groups excluding carboxylic acids is 2. The highest BCUT2D eigenvalue weighted by Crippen LogP contribution is 2.46. The predicted octanol–water partition coefficient (Wildman–Crippen LogP) is 6.29. The minimum atomic E-state index is -1.01. The first-order valence-corrected chi connectivity index (χ1v) is 11.9. The molecule has 7 heteroatoms. The van der Waals surface area contributed by atoms with Gasteiger partial charge in [0.05, 0.1) is 30.0 Å². The van der Waals surface area contributed by atoms with E-state index in [1.807, 2.05) is 37.3 Å². The van der Waals surface area contributed by atoms with Crippen molar-refractivity contribution in [1.29, 1.82) is 0 Å². The highest BCUT2D eigenvalue weighted by molar-refractivity contribution is 6.52. The second kappa shape index (κ2) is 9.36. The van der Waals surface area contributed by atoms with Gasteiger partial charge < -0.3 is 14.9 Å². The van der Waals surface area contributed by atoms with Crippen molar-refractivity contribution >= 4 is 34.7 Å². The molecule has 1 atom stereocenters. The van der Waals surface area contributed by atoms with Crippen LogP contribution < -0.4 is 9.64 Å². The summed E-state index contributed by atoms with van der Waals surface area (Å²) in [5, 5.41) is 22.4. The first kappa shape index (κ1) is 25.3. The van der Waals surface area contributed by atoms with Crippen LogP contribution >= 0.6 is 11.6 Å². The number of aliphatic hydroxyl groups is 1. The number of aryl methyl sites for hydroxylation is 1. The molecule has 0 aromatic heterocycles. The van der Waals surface area contributed by atoms with Crippen LogP contribution in [0.15, 0.2) is 66.2 Å². The second-order valence-electron chi connectivity index (χ2n) is 9.88. The van der Waals surface area contributed by atoms with E-state index < -0.39 is 17.7 Å². The average Bonchev–Trinajstić information content (AvgIpc) is 3.10. The number of hydrogen-bond acceptors (Lipinski definition) is 5. The third-order valence-corrected chi connectivity index (χ3v) is 6.58. The third kappa shape index (κ3) is 4.44. The SMILES string of the molecule is COc1ccc(C)cc1/C(O)=C1\C(=O)C(=O)N(c2cc(Cl)ccc2O)C1c1ccc(C(C)(C)C)cc1. The number of phenols is 1. The van der Waals surface area contributed by atoms with E-state index >= 15 is 0 Å². The van der Waals surface area contributed by atoms with E-state index in [0.29, 0.717) is 16.9 Å². The highest BCUT2D eigenvalue weighted by Gasteiger charge is 2.48. The van der Waals surface area contributed by atoms with Gasteiger partial charge in [0.25, 0.3) is 11.7 Å². The van der Waals surface area contributed by atoms with Crippen LogP contribution in [0.5, 0.6) is 11.5 Å². The molecule has 1 amide bonds. The van der Waals surface area contributed by atoms with Crippen LogP contribution in [0.4, 0.5) is 5.69 Å². The quantitative estimate of drug-likeness (QED) is 0.247. The lowest BCUT2D eigenvalue weighted by Gasteiger charge is -2.27. The number of anilines is 1. The molecule has 36 heavy (non-hydrogen) atoms. The molecule has 0 bridgehead atoms. The number of carbonyl (C=O) groups is 2. The summed E-state index contributed by atoms with van der Waals surface area (Å²) >= 11 is 6.18. The van der Waals surface area contributed by atoms with Crippen molar-refractivity contribution in [2.45, 2.75) is 39.2 Å². The number of methoxy groups -OCH3 is 1. The van der Waals surface area contributed by atoms with E-state index in [1.165, 1.54) is 30.2 Å². The van der Waals surface area contributed by atoms with Gasteiger partial charge in [0, 0.05) is 5.02 Å². The summed E-state index contributed by atoms with van der Waals surface area (Å²) in [7, 11) is 1.47. The van der Waals surface area contributed by atoms with E-state index in [2.05, 4.69) is 20.8 Å². The number of ketones is 1. The highest BCUT2D eigenvalue weighted by atomic mass is 35.5. The summed E-state index contributed by atoms with van der Waals surface area (Å²) < 4.78 is 5.42. The smallest absolute Gasteiger partial charge is 0.300 e. The van der Waals surface area contributed by atoms with Crippen molar-refractivity contribution in [2.24, 2.45) is 0 Å². The van der Waals surface area contributed by atoms with Crippen LogP contribution in [0.3, 0.4) is 0 Å². The van der Waals surface area contributed by atoms with Crippen LogP contribution in [0, 0.1) is 6.92 Å². The molecule has 1 fully saturated rings. The maximum absolute atomic E-state index is 13.4. The van der Waals surface area contributed by atoms with Crippen molar-refractivity contribution in [3.63, 3.8) is 0 Å². The molecule has 1 heterocycles. The van der Waals surface area contributed by atoms with E-state index in [1.54, 1.807) is 12.1 Å². The second-order valence-corrected chi connectivity index (χ2v) is 10.3. The molecule has 186 valence electrons. The van der Waals surface area contributed by atoms with Crippen LogP contribution in [0.25, 0.3) is 5.76 Å². The summed E-state index contributed by atoms with van der Waals surface area (Å²) in [6, 6.07) is 16.0. The summed E-state index contributed by atoms with van der Waals surface area (Å²) in [4.78, 5) is 28.0. The number of aromatic hydroxyl groups is 1. The molecule has 3 aromatic rings. The molecule has 2 N–H and O–H groups in total. The molecule has 1 saturated heterocycles. The fraction of sp³-hybridized carbons (Fsp3) is 0.241. The van der Waals surface area contributed by atoms with E-state index in [9.17, 15) is 19.8 Å². The molecule has 4 rings (SSSR count). The number of halogens is 1. The normalized spacial score (nSPS) is 17.5. The molecule has 0 aliphatic carbocycles. The van der Waals surface area contributed by atoms with Crippen molar-refractivity contribution in [3.8, 4) is 11.5 Å². The summed E-state index contributed by atoms with van der Waals surface area (Å²) in [6.07, 6.45) is 0. The topological polar surface area (TPSA) is 87.1 Å². The van der Waals surface area contributed by atoms with Crippen molar-refractivity contribution < 1.29 is 24.5 Å². The van der Waals surface area contributed by atoms with Gasteiger partial charge in [0.15, 0.2) is 0 Å². The Labute approximate surface area is 215 Å². The maximum atomic E-state index is 13.4. The number of ether oxygens (including phenoxy) is 1. The number of phenolic OH excluding ortho intramolecular Hbond substituents is 1. The number of hydrogen-bond donors (Lipinski definition) is 2. The van der Waals surface area contributed by atoms with E-state index in [-0.39, 0.29) is 33.2 Å².